The fraction of sp³-hybridized carbons (Fsp3) is 0.400. The topological polar surface area (TPSA) is 93.1 Å². The van der Waals surface area contributed by atoms with Gasteiger partial charge in [0.05, 0.1) is 40.9 Å². The molecule has 0 aliphatic rings. The van der Waals surface area contributed by atoms with Crippen molar-refractivity contribution in [2.75, 3.05) is 26.4 Å². The van der Waals surface area contributed by atoms with Gasteiger partial charge in [-0.25, -0.2) is 8.42 Å². The first-order valence-corrected chi connectivity index (χ1v) is 14.1. The highest BCUT2D eigenvalue weighted by Gasteiger charge is 2.24. The molecule has 0 aliphatic carbocycles. The van der Waals surface area contributed by atoms with Gasteiger partial charge in [-0.15, -0.1) is 0 Å². The third-order valence-electron chi connectivity index (χ3n) is 4.16. The molecule has 2 aromatic carbocycles. The molecule has 0 bridgehead atoms. The fourth-order valence-electron chi connectivity index (χ4n) is 2.57. The Morgan fingerprint density at radius 1 is 0.645 bits per heavy atom. The van der Waals surface area contributed by atoms with E-state index in [9.17, 15) is 8.42 Å². The second-order valence-corrected chi connectivity index (χ2v) is 11.9. The number of sulfone groups is 1. The van der Waals surface area contributed by atoms with Crippen molar-refractivity contribution in [2.45, 2.75) is 35.5 Å². The molecule has 0 aromatic heterocycles. The largest absolute Gasteiger partial charge is 0.491 e. The summed E-state index contributed by atoms with van der Waals surface area (Å²) in [6.45, 7) is 1.01. The zero-order valence-electron chi connectivity index (χ0n) is 16.4. The summed E-state index contributed by atoms with van der Waals surface area (Å²) < 4.78 is 39.9. The van der Waals surface area contributed by atoms with Gasteiger partial charge in [0.1, 0.15) is 11.5 Å². The minimum Gasteiger partial charge on any atom is -0.491 e. The van der Waals surface area contributed by atoms with Crippen LogP contribution in [0.4, 0.5) is 0 Å². The first-order chi connectivity index (χ1) is 14.7. The third kappa shape index (κ3) is 7.41. The van der Waals surface area contributed by atoms with Crippen LogP contribution < -0.4 is 9.47 Å². The van der Waals surface area contributed by atoms with E-state index in [2.05, 4.69) is 63.7 Å². The monoisotopic (exact) mass is 706 g/mol. The van der Waals surface area contributed by atoms with Crippen molar-refractivity contribution >= 4 is 73.6 Å². The minimum atomic E-state index is -3.82. The second-order valence-electron chi connectivity index (χ2n) is 6.49. The van der Waals surface area contributed by atoms with E-state index in [4.69, 9.17) is 19.7 Å². The standard InChI is InChI=1S/C20H22Br4O6S/c21-15-9-13(10-16(22)19(15)29-7-3-1-5-25)31(27,28)14-11-17(23)20(18(24)12-14)30-8-4-2-6-26/h9-12,25-26H,1-8H2. The summed E-state index contributed by atoms with van der Waals surface area (Å²) in [5.74, 6) is 1.01. The summed E-state index contributed by atoms with van der Waals surface area (Å²) in [5.41, 5.74) is 0. The molecule has 0 spiro atoms. The molecule has 0 heterocycles. The van der Waals surface area contributed by atoms with Gasteiger partial charge in [0.15, 0.2) is 0 Å². The summed E-state index contributed by atoms with van der Waals surface area (Å²) >= 11 is 13.6. The van der Waals surface area contributed by atoms with Crippen molar-refractivity contribution in [3.63, 3.8) is 0 Å². The quantitative estimate of drug-likeness (QED) is 0.268. The van der Waals surface area contributed by atoms with Crippen LogP contribution in [0.5, 0.6) is 11.5 Å². The summed E-state index contributed by atoms with van der Waals surface area (Å²) in [4.78, 5) is 0.203. The molecular formula is C20H22Br4O6S. The average Bonchev–Trinajstić information content (AvgIpc) is 2.71. The van der Waals surface area contributed by atoms with E-state index in [0.717, 1.165) is 0 Å². The average molecular weight is 710 g/mol. The van der Waals surface area contributed by atoms with Crippen LogP contribution in [0, 0.1) is 0 Å². The molecule has 2 N–H and O–H groups in total. The van der Waals surface area contributed by atoms with Crippen LogP contribution in [0.1, 0.15) is 25.7 Å². The van der Waals surface area contributed by atoms with E-state index in [1.165, 1.54) is 24.3 Å². The molecule has 6 nitrogen and oxygen atoms in total. The maximum atomic E-state index is 13.2. The van der Waals surface area contributed by atoms with Gasteiger partial charge in [-0.05, 0) is 114 Å². The SMILES string of the molecule is O=S(=O)(c1cc(Br)c(OCCCCO)c(Br)c1)c1cc(Br)c(OCCCCO)c(Br)c1. The van der Waals surface area contributed by atoms with Gasteiger partial charge in [-0.2, -0.15) is 0 Å². The number of benzene rings is 2. The van der Waals surface area contributed by atoms with Crippen LogP contribution in [0.15, 0.2) is 51.9 Å². The van der Waals surface area contributed by atoms with Crippen LogP contribution in [0.25, 0.3) is 0 Å². The lowest BCUT2D eigenvalue weighted by atomic mass is 10.3. The predicted octanol–water partition coefficient (Wildman–Crippen LogP) is 5.87. The Labute approximate surface area is 215 Å². The molecule has 0 fully saturated rings. The third-order valence-corrected chi connectivity index (χ3v) is 8.23. The summed E-state index contributed by atoms with van der Waals surface area (Å²) in [5, 5.41) is 17.7. The van der Waals surface area contributed by atoms with Crippen molar-refractivity contribution in [1.29, 1.82) is 0 Å². The molecule has 0 aliphatic heterocycles. The normalized spacial score (nSPS) is 11.5. The van der Waals surface area contributed by atoms with Crippen molar-refractivity contribution in [1.82, 2.24) is 0 Å². The van der Waals surface area contributed by atoms with Gasteiger partial charge < -0.3 is 19.7 Å². The highest BCUT2D eigenvalue weighted by Crippen LogP contribution is 2.40. The molecule has 2 aromatic rings. The zero-order valence-corrected chi connectivity index (χ0v) is 23.6. The summed E-state index contributed by atoms with van der Waals surface area (Å²) in [7, 11) is -3.82. The highest BCUT2D eigenvalue weighted by molar-refractivity contribution is 9.11. The molecular weight excluding hydrogens is 688 g/mol. The van der Waals surface area contributed by atoms with Gasteiger partial charge in [0, 0.05) is 13.2 Å². The van der Waals surface area contributed by atoms with Crippen LogP contribution in [0.2, 0.25) is 0 Å². The molecule has 0 unspecified atom stereocenters. The van der Waals surface area contributed by atoms with Gasteiger partial charge >= 0.3 is 0 Å². The number of aliphatic hydroxyl groups excluding tert-OH is 2. The number of rotatable bonds is 12. The Balaban J connectivity index is 2.28. The summed E-state index contributed by atoms with van der Waals surface area (Å²) in [6, 6.07) is 6.01. The van der Waals surface area contributed by atoms with Crippen molar-refractivity contribution < 1.29 is 28.1 Å². The van der Waals surface area contributed by atoms with Crippen LogP contribution in [-0.2, 0) is 9.84 Å². The van der Waals surface area contributed by atoms with E-state index in [1.54, 1.807) is 0 Å². The molecule has 0 amide bonds. The Kier molecular flexibility index (Phi) is 11.3. The number of hydrogen-bond acceptors (Lipinski definition) is 6. The molecule has 0 atom stereocenters. The van der Waals surface area contributed by atoms with Gasteiger partial charge in [-0.3, -0.25) is 0 Å². The van der Waals surface area contributed by atoms with Gasteiger partial charge in [0.2, 0.25) is 9.84 Å². The number of halogens is 4. The maximum Gasteiger partial charge on any atom is 0.206 e. The molecule has 172 valence electrons. The maximum absolute atomic E-state index is 13.2. The fourth-order valence-corrected chi connectivity index (χ4v) is 7.37. The van der Waals surface area contributed by atoms with Crippen molar-refractivity contribution in [2.24, 2.45) is 0 Å². The second kappa shape index (κ2) is 12.9. The van der Waals surface area contributed by atoms with Crippen molar-refractivity contribution in [3.8, 4) is 11.5 Å². The molecule has 0 saturated carbocycles. The lowest BCUT2D eigenvalue weighted by Gasteiger charge is -2.14. The van der Waals surface area contributed by atoms with E-state index < -0.39 is 9.84 Å². The Morgan fingerprint density at radius 3 is 1.26 bits per heavy atom. The van der Waals surface area contributed by atoms with Crippen LogP contribution >= 0.6 is 63.7 Å². The zero-order chi connectivity index (χ0) is 23.0. The number of ether oxygens (including phenoxy) is 2. The van der Waals surface area contributed by atoms with Gasteiger partial charge in [-0.1, -0.05) is 0 Å². The Morgan fingerprint density at radius 2 is 0.968 bits per heavy atom. The number of aliphatic hydroxyl groups is 2. The van der Waals surface area contributed by atoms with Crippen LogP contribution in [0.3, 0.4) is 0 Å². The molecule has 11 heteroatoms. The van der Waals surface area contributed by atoms with Gasteiger partial charge in [0.25, 0.3) is 0 Å². The lowest BCUT2D eigenvalue weighted by Crippen LogP contribution is -2.06. The Bertz CT molecular complexity index is 878. The lowest BCUT2D eigenvalue weighted by molar-refractivity contribution is 0.252. The van der Waals surface area contributed by atoms with E-state index in [-0.39, 0.29) is 23.0 Å². The number of hydrogen-bond donors (Lipinski definition) is 2. The smallest absolute Gasteiger partial charge is 0.206 e. The molecule has 0 radical (unpaired) electrons. The van der Waals surface area contributed by atoms with E-state index >= 15 is 0 Å². The molecule has 31 heavy (non-hydrogen) atoms. The van der Waals surface area contributed by atoms with Crippen molar-refractivity contribution in [3.05, 3.63) is 42.2 Å². The summed E-state index contributed by atoms with van der Waals surface area (Å²) in [6.07, 6.45) is 2.64. The molecule has 0 saturated heterocycles. The first-order valence-electron chi connectivity index (χ1n) is 9.42. The predicted molar refractivity (Wildman–Crippen MR) is 133 cm³/mol. The van der Waals surface area contributed by atoms with E-state index in [1.807, 2.05) is 0 Å². The number of unbranched alkanes of at least 4 members (excludes halogenated alkanes) is 2. The minimum absolute atomic E-state index is 0.0977. The van der Waals surface area contributed by atoms with E-state index in [0.29, 0.717) is 68.3 Å². The molecule has 2 rings (SSSR count). The highest BCUT2D eigenvalue weighted by atomic mass is 79.9. The Hall–Kier alpha value is -0.170. The first kappa shape index (κ1) is 27.1. The van der Waals surface area contributed by atoms with Crippen LogP contribution in [-0.4, -0.2) is 45.1 Å².